The highest BCUT2D eigenvalue weighted by Crippen LogP contribution is 2.33. The second-order valence-electron chi connectivity index (χ2n) is 7.64. The van der Waals surface area contributed by atoms with Crippen LogP contribution in [0.3, 0.4) is 0 Å². The van der Waals surface area contributed by atoms with Gasteiger partial charge in [0.05, 0.1) is 25.3 Å². The van der Waals surface area contributed by atoms with Crippen molar-refractivity contribution < 1.29 is 23.9 Å². The number of ether oxygens (including phenoxy) is 2. The number of hydrogen-bond donors (Lipinski definition) is 1. The van der Waals surface area contributed by atoms with E-state index in [-0.39, 0.29) is 24.3 Å². The van der Waals surface area contributed by atoms with Crippen LogP contribution in [0.5, 0.6) is 0 Å². The topological polar surface area (TPSA) is 88.2 Å². The predicted molar refractivity (Wildman–Crippen MR) is 125 cm³/mol. The zero-order chi connectivity index (χ0) is 23.8. The Morgan fingerprint density at radius 1 is 0.909 bits per heavy atom. The Hall–Kier alpha value is -3.49. The Balaban J connectivity index is 2.02. The summed E-state index contributed by atoms with van der Waals surface area (Å²) in [5.74, 6) is -0.892. The molecule has 0 aliphatic carbocycles. The maximum atomic E-state index is 13.6. The number of methoxy groups -OCH3 is 2. The van der Waals surface area contributed by atoms with E-state index in [1.807, 2.05) is 35.2 Å². The molecule has 0 radical (unpaired) electrons. The zero-order valence-electron chi connectivity index (χ0n) is 19.2. The molecule has 0 saturated heterocycles. The van der Waals surface area contributed by atoms with Crippen LogP contribution >= 0.6 is 0 Å². The van der Waals surface area contributed by atoms with Crippen LogP contribution < -0.4 is 5.32 Å². The van der Waals surface area contributed by atoms with E-state index in [0.717, 1.165) is 5.56 Å². The summed E-state index contributed by atoms with van der Waals surface area (Å²) in [7, 11) is 3.18. The number of carbonyl (C=O) groups is 3. The minimum absolute atomic E-state index is 0.178. The molecule has 2 aromatic carbocycles. The van der Waals surface area contributed by atoms with Crippen LogP contribution in [-0.4, -0.2) is 68.0 Å². The van der Waals surface area contributed by atoms with Gasteiger partial charge >= 0.3 is 0 Å². The van der Waals surface area contributed by atoms with Crippen molar-refractivity contribution in [2.75, 3.05) is 45.8 Å². The fourth-order valence-corrected chi connectivity index (χ4v) is 3.69. The lowest BCUT2D eigenvalue weighted by atomic mass is 10.0. The van der Waals surface area contributed by atoms with Crippen molar-refractivity contribution in [1.82, 2.24) is 9.80 Å². The van der Waals surface area contributed by atoms with Crippen LogP contribution in [0.25, 0.3) is 5.57 Å². The van der Waals surface area contributed by atoms with Crippen LogP contribution in [0.1, 0.15) is 18.1 Å². The molecule has 0 spiro atoms. The number of anilines is 1. The second kappa shape index (κ2) is 11.4. The molecule has 3 rings (SSSR count). The van der Waals surface area contributed by atoms with Gasteiger partial charge in [-0.3, -0.25) is 19.3 Å². The molecule has 8 heteroatoms. The minimum Gasteiger partial charge on any atom is -0.383 e. The number of amides is 3. The van der Waals surface area contributed by atoms with Crippen molar-refractivity contribution in [1.29, 1.82) is 0 Å². The first-order chi connectivity index (χ1) is 16.0. The third-order valence-corrected chi connectivity index (χ3v) is 5.27. The molecule has 0 bridgehead atoms. The average molecular weight is 452 g/mol. The van der Waals surface area contributed by atoms with E-state index in [9.17, 15) is 14.4 Å². The van der Waals surface area contributed by atoms with Gasteiger partial charge in [-0.15, -0.1) is 0 Å². The lowest BCUT2D eigenvalue weighted by molar-refractivity contribution is -0.138. The van der Waals surface area contributed by atoms with Gasteiger partial charge in [0.15, 0.2) is 0 Å². The SMILES string of the molecule is COCCN(CCOC)C1=C(c2ccc(NC(C)=O)cc2)C(=O)N(Cc2ccccc2)C1=O. The largest absolute Gasteiger partial charge is 0.383 e. The molecule has 0 fully saturated rings. The Kier molecular flexibility index (Phi) is 8.34. The van der Waals surface area contributed by atoms with Gasteiger partial charge in [-0.05, 0) is 23.3 Å². The minimum atomic E-state index is -0.356. The number of benzene rings is 2. The van der Waals surface area contributed by atoms with E-state index in [2.05, 4.69) is 5.32 Å². The van der Waals surface area contributed by atoms with Crippen molar-refractivity contribution in [3.8, 4) is 0 Å². The molecule has 3 amide bonds. The molecule has 1 N–H and O–H groups in total. The standard InChI is InChI=1S/C25H29N3O5/c1-18(29)26-21-11-9-20(10-12-21)22-23(27(13-15-32-2)14-16-33-3)25(31)28(24(22)30)17-19-7-5-4-6-8-19/h4-12H,13-17H2,1-3H3,(H,26,29). The van der Waals surface area contributed by atoms with E-state index in [0.29, 0.717) is 48.8 Å². The fourth-order valence-electron chi connectivity index (χ4n) is 3.69. The summed E-state index contributed by atoms with van der Waals surface area (Å²) in [5.41, 5.74) is 2.74. The molecule has 0 unspecified atom stereocenters. The zero-order valence-corrected chi connectivity index (χ0v) is 19.2. The van der Waals surface area contributed by atoms with Crippen molar-refractivity contribution >= 4 is 29.0 Å². The van der Waals surface area contributed by atoms with Crippen LogP contribution in [-0.2, 0) is 30.4 Å². The number of nitrogens with zero attached hydrogens (tertiary/aromatic N) is 2. The molecule has 0 saturated carbocycles. The van der Waals surface area contributed by atoms with Crippen LogP contribution in [0.4, 0.5) is 5.69 Å². The Bertz CT molecular complexity index is 1010. The number of imide groups is 1. The van der Waals surface area contributed by atoms with Crippen LogP contribution in [0.2, 0.25) is 0 Å². The second-order valence-corrected chi connectivity index (χ2v) is 7.64. The van der Waals surface area contributed by atoms with E-state index in [1.165, 1.54) is 11.8 Å². The summed E-state index contributed by atoms with van der Waals surface area (Å²) in [6.07, 6.45) is 0. The fraction of sp³-hybridized carbons (Fsp3) is 0.320. The highest BCUT2D eigenvalue weighted by atomic mass is 16.5. The molecule has 174 valence electrons. The highest BCUT2D eigenvalue weighted by molar-refractivity contribution is 6.35. The smallest absolute Gasteiger partial charge is 0.278 e. The van der Waals surface area contributed by atoms with Crippen molar-refractivity contribution in [2.45, 2.75) is 13.5 Å². The Morgan fingerprint density at radius 2 is 1.52 bits per heavy atom. The van der Waals surface area contributed by atoms with Gasteiger partial charge in [0.2, 0.25) is 5.91 Å². The van der Waals surface area contributed by atoms with E-state index < -0.39 is 0 Å². The quantitative estimate of drug-likeness (QED) is 0.528. The van der Waals surface area contributed by atoms with Gasteiger partial charge in [0.25, 0.3) is 11.8 Å². The van der Waals surface area contributed by atoms with Crippen LogP contribution in [0, 0.1) is 0 Å². The van der Waals surface area contributed by atoms with Crippen molar-refractivity contribution in [2.24, 2.45) is 0 Å². The summed E-state index contributed by atoms with van der Waals surface area (Å²) in [6.45, 7) is 3.25. The van der Waals surface area contributed by atoms with E-state index in [4.69, 9.17) is 9.47 Å². The first-order valence-electron chi connectivity index (χ1n) is 10.7. The number of hydrogen-bond acceptors (Lipinski definition) is 6. The Morgan fingerprint density at radius 3 is 2.06 bits per heavy atom. The summed E-state index contributed by atoms with van der Waals surface area (Å²) in [4.78, 5) is 41.6. The van der Waals surface area contributed by atoms with Gasteiger partial charge in [-0.2, -0.15) is 0 Å². The molecule has 1 aliphatic rings. The average Bonchev–Trinajstić information content (AvgIpc) is 3.05. The molecule has 2 aromatic rings. The van der Waals surface area contributed by atoms with Gasteiger partial charge in [-0.25, -0.2) is 0 Å². The molecular weight excluding hydrogens is 422 g/mol. The summed E-state index contributed by atoms with van der Waals surface area (Å²) in [6, 6.07) is 16.3. The highest BCUT2D eigenvalue weighted by Gasteiger charge is 2.41. The maximum Gasteiger partial charge on any atom is 0.278 e. The van der Waals surface area contributed by atoms with Crippen molar-refractivity contribution in [3.63, 3.8) is 0 Å². The van der Waals surface area contributed by atoms with Gasteiger partial charge in [0, 0.05) is 39.9 Å². The van der Waals surface area contributed by atoms with Gasteiger partial charge in [0.1, 0.15) is 5.70 Å². The third-order valence-electron chi connectivity index (χ3n) is 5.27. The molecular formula is C25H29N3O5. The van der Waals surface area contributed by atoms with Crippen LogP contribution in [0.15, 0.2) is 60.3 Å². The van der Waals surface area contributed by atoms with Gasteiger partial charge < -0.3 is 19.7 Å². The summed E-state index contributed by atoms with van der Waals surface area (Å²) in [5, 5.41) is 2.71. The van der Waals surface area contributed by atoms with Gasteiger partial charge in [-0.1, -0.05) is 42.5 Å². The molecule has 33 heavy (non-hydrogen) atoms. The first kappa shape index (κ1) is 24.2. The monoisotopic (exact) mass is 451 g/mol. The molecule has 0 atom stereocenters. The molecule has 0 aromatic heterocycles. The molecule has 1 aliphatic heterocycles. The summed E-state index contributed by atoms with van der Waals surface area (Å²) >= 11 is 0. The lowest BCUT2D eigenvalue weighted by Gasteiger charge is -2.25. The predicted octanol–water partition coefficient (Wildman–Crippen LogP) is 2.52. The van der Waals surface area contributed by atoms with E-state index >= 15 is 0 Å². The number of rotatable bonds is 11. The first-order valence-corrected chi connectivity index (χ1v) is 10.7. The van der Waals surface area contributed by atoms with E-state index in [1.54, 1.807) is 38.5 Å². The molecule has 8 nitrogen and oxygen atoms in total. The van der Waals surface area contributed by atoms with Crippen molar-refractivity contribution in [3.05, 3.63) is 71.4 Å². The normalized spacial score (nSPS) is 13.6. The third kappa shape index (κ3) is 5.85. The lowest BCUT2D eigenvalue weighted by Crippen LogP contribution is -2.37. The maximum absolute atomic E-state index is 13.6. The summed E-state index contributed by atoms with van der Waals surface area (Å²) < 4.78 is 10.5. The number of nitrogens with one attached hydrogen (secondary N) is 1. The number of carbonyl (C=O) groups excluding carboxylic acids is 3. The Labute approximate surface area is 193 Å². The molecule has 1 heterocycles.